The second-order valence-corrected chi connectivity index (χ2v) is 7.90. The molecule has 3 rings (SSSR count). The van der Waals surface area contributed by atoms with Crippen LogP contribution in [0.2, 0.25) is 0 Å². The normalized spacial score (nSPS) is 24.7. The number of piperidine rings is 1. The number of rotatable bonds is 5. The lowest BCUT2D eigenvalue weighted by Gasteiger charge is -2.40. The van der Waals surface area contributed by atoms with Gasteiger partial charge in [-0.05, 0) is 52.1 Å². The Balaban J connectivity index is 1.61. The minimum Gasteiger partial charge on any atom is -0.466 e. The van der Waals surface area contributed by atoms with E-state index in [2.05, 4.69) is 28.9 Å². The zero-order valence-corrected chi connectivity index (χ0v) is 16.0. The largest absolute Gasteiger partial charge is 0.466 e. The highest BCUT2D eigenvalue weighted by Gasteiger charge is 2.42. The first kappa shape index (κ1) is 18.2. The van der Waals surface area contributed by atoms with Crippen molar-refractivity contribution in [1.29, 1.82) is 0 Å². The van der Waals surface area contributed by atoms with E-state index >= 15 is 0 Å². The van der Waals surface area contributed by atoms with Gasteiger partial charge < -0.3 is 9.32 Å². The first-order chi connectivity index (χ1) is 12.0. The molecular formula is C21H32N2O2. The highest BCUT2D eigenvalue weighted by atomic mass is 16.3. The lowest BCUT2D eigenvalue weighted by molar-refractivity contribution is 0.0530. The standard InChI is InChI=1S/C21H32N2O2/c1-4-5-6-7-11-22-13-10-21(15-22)9-8-12-23(16-21)20(24)19-14-17(2)25-18(19)3/h6-7,14H,4-5,8-13,15-16H2,1-3H3. The molecule has 1 atom stereocenters. The van der Waals surface area contributed by atoms with E-state index in [0.29, 0.717) is 5.41 Å². The van der Waals surface area contributed by atoms with Crippen LogP contribution in [-0.4, -0.2) is 48.4 Å². The second kappa shape index (κ2) is 7.77. The monoisotopic (exact) mass is 344 g/mol. The third kappa shape index (κ3) is 4.17. The van der Waals surface area contributed by atoms with Crippen molar-refractivity contribution >= 4 is 5.91 Å². The molecule has 2 fully saturated rings. The van der Waals surface area contributed by atoms with Gasteiger partial charge in [0, 0.05) is 31.6 Å². The van der Waals surface area contributed by atoms with Crippen molar-refractivity contribution in [3.05, 3.63) is 35.3 Å². The highest BCUT2D eigenvalue weighted by molar-refractivity contribution is 5.95. The Morgan fingerprint density at radius 3 is 2.80 bits per heavy atom. The Bertz CT molecular complexity index is 634. The van der Waals surface area contributed by atoms with Gasteiger partial charge in [0.1, 0.15) is 11.5 Å². The Morgan fingerprint density at radius 2 is 2.08 bits per heavy atom. The third-order valence-electron chi connectivity index (χ3n) is 5.72. The summed E-state index contributed by atoms with van der Waals surface area (Å²) in [5.41, 5.74) is 1.03. The van der Waals surface area contributed by atoms with E-state index < -0.39 is 0 Å². The van der Waals surface area contributed by atoms with Crippen LogP contribution in [0.15, 0.2) is 22.6 Å². The minimum atomic E-state index is 0.148. The number of carbonyl (C=O) groups excluding carboxylic acids is 1. The molecule has 138 valence electrons. The topological polar surface area (TPSA) is 36.7 Å². The van der Waals surface area contributed by atoms with E-state index in [9.17, 15) is 4.79 Å². The fraction of sp³-hybridized carbons (Fsp3) is 0.667. The molecule has 25 heavy (non-hydrogen) atoms. The molecule has 0 saturated carbocycles. The van der Waals surface area contributed by atoms with Gasteiger partial charge in [0.2, 0.25) is 0 Å². The van der Waals surface area contributed by atoms with Gasteiger partial charge in [-0.3, -0.25) is 9.69 Å². The van der Waals surface area contributed by atoms with E-state index in [1.165, 1.54) is 25.7 Å². The van der Waals surface area contributed by atoms with Gasteiger partial charge in [-0.25, -0.2) is 0 Å². The van der Waals surface area contributed by atoms with Crippen LogP contribution in [0.3, 0.4) is 0 Å². The van der Waals surface area contributed by atoms with Crippen LogP contribution < -0.4 is 0 Å². The van der Waals surface area contributed by atoms with Gasteiger partial charge in [-0.2, -0.15) is 0 Å². The van der Waals surface area contributed by atoms with E-state index in [1.807, 2.05) is 19.9 Å². The van der Waals surface area contributed by atoms with Crippen molar-refractivity contribution in [2.45, 2.75) is 52.9 Å². The second-order valence-electron chi connectivity index (χ2n) is 7.90. The van der Waals surface area contributed by atoms with Crippen LogP contribution in [0.25, 0.3) is 0 Å². The average molecular weight is 344 g/mol. The van der Waals surface area contributed by atoms with E-state index in [4.69, 9.17) is 4.42 Å². The summed E-state index contributed by atoms with van der Waals surface area (Å²) in [5, 5.41) is 0. The smallest absolute Gasteiger partial charge is 0.257 e. The molecule has 0 aromatic carbocycles. The van der Waals surface area contributed by atoms with Crippen molar-refractivity contribution in [2.24, 2.45) is 5.41 Å². The molecule has 4 nitrogen and oxygen atoms in total. The van der Waals surface area contributed by atoms with Crippen molar-refractivity contribution in [3.63, 3.8) is 0 Å². The maximum absolute atomic E-state index is 12.9. The molecule has 1 unspecified atom stereocenters. The van der Waals surface area contributed by atoms with Crippen LogP contribution in [0.1, 0.15) is 60.9 Å². The summed E-state index contributed by atoms with van der Waals surface area (Å²) in [6.45, 7) is 11.1. The lowest BCUT2D eigenvalue weighted by Crippen LogP contribution is -2.47. The molecular weight excluding hydrogens is 312 g/mol. The molecule has 2 saturated heterocycles. The number of furan rings is 1. The first-order valence-corrected chi connectivity index (χ1v) is 9.77. The number of amides is 1. The van der Waals surface area contributed by atoms with Gasteiger partial charge >= 0.3 is 0 Å². The van der Waals surface area contributed by atoms with E-state index in [0.717, 1.165) is 56.2 Å². The maximum atomic E-state index is 12.9. The molecule has 2 aliphatic rings. The zero-order chi connectivity index (χ0) is 17.9. The fourth-order valence-corrected chi connectivity index (χ4v) is 4.42. The number of unbranched alkanes of at least 4 members (excludes halogenated alkanes) is 1. The predicted octanol–water partition coefficient (Wildman–Crippen LogP) is 4.18. The van der Waals surface area contributed by atoms with Crippen molar-refractivity contribution in [2.75, 3.05) is 32.7 Å². The number of hydrogen-bond donors (Lipinski definition) is 0. The Kier molecular flexibility index (Phi) is 5.67. The number of hydrogen-bond acceptors (Lipinski definition) is 3. The lowest BCUT2D eigenvalue weighted by atomic mass is 9.79. The Hall–Kier alpha value is -1.55. The number of likely N-dealkylation sites (tertiary alicyclic amines) is 2. The van der Waals surface area contributed by atoms with Crippen molar-refractivity contribution in [3.8, 4) is 0 Å². The number of allylic oxidation sites excluding steroid dienone is 1. The number of carbonyl (C=O) groups is 1. The molecule has 0 N–H and O–H groups in total. The molecule has 1 aromatic rings. The zero-order valence-electron chi connectivity index (χ0n) is 16.0. The minimum absolute atomic E-state index is 0.148. The summed E-state index contributed by atoms with van der Waals surface area (Å²) in [7, 11) is 0. The third-order valence-corrected chi connectivity index (χ3v) is 5.72. The summed E-state index contributed by atoms with van der Waals surface area (Å²) >= 11 is 0. The van der Waals surface area contributed by atoms with Gasteiger partial charge in [0.25, 0.3) is 5.91 Å². The first-order valence-electron chi connectivity index (χ1n) is 9.77. The molecule has 4 heteroatoms. The number of nitrogens with zero attached hydrogens (tertiary/aromatic N) is 2. The van der Waals surface area contributed by atoms with E-state index in [-0.39, 0.29) is 5.91 Å². The molecule has 3 heterocycles. The Morgan fingerprint density at radius 1 is 1.24 bits per heavy atom. The summed E-state index contributed by atoms with van der Waals surface area (Å²) in [6, 6.07) is 1.89. The molecule has 1 spiro atoms. The van der Waals surface area contributed by atoms with Gasteiger partial charge in [0.15, 0.2) is 0 Å². The fourth-order valence-electron chi connectivity index (χ4n) is 4.42. The average Bonchev–Trinajstić information content (AvgIpc) is 3.14. The maximum Gasteiger partial charge on any atom is 0.257 e. The van der Waals surface area contributed by atoms with Crippen molar-refractivity contribution in [1.82, 2.24) is 9.80 Å². The SMILES string of the molecule is CCCC=CCN1CCC2(CCCN(C(=O)c3cc(C)oc3C)C2)C1. The van der Waals surface area contributed by atoms with Crippen LogP contribution in [0.5, 0.6) is 0 Å². The molecule has 2 aliphatic heterocycles. The summed E-state index contributed by atoms with van der Waals surface area (Å²) in [4.78, 5) is 17.6. The predicted molar refractivity (Wildman–Crippen MR) is 101 cm³/mol. The van der Waals surface area contributed by atoms with Crippen molar-refractivity contribution < 1.29 is 9.21 Å². The van der Waals surface area contributed by atoms with E-state index in [1.54, 1.807) is 0 Å². The van der Waals surface area contributed by atoms with Crippen LogP contribution >= 0.6 is 0 Å². The summed E-state index contributed by atoms with van der Waals surface area (Å²) in [5.74, 6) is 1.71. The molecule has 0 radical (unpaired) electrons. The molecule has 0 aliphatic carbocycles. The summed E-state index contributed by atoms with van der Waals surface area (Å²) < 4.78 is 5.56. The molecule has 1 aromatic heterocycles. The van der Waals surface area contributed by atoms with Gasteiger partial charge in [0.05, 0.1) is 5.56 Å². The Labute approximate surface area is 151 Å². The quantitative estimate of drug-likeness (QED) is 0.752. The number of aryl methyl sites for hydroxylation is 2. The molecule has 0 bridgehead atoms. The van der Waals surface area contributed by atoms with Gasteiger partial charge in [-0.15, -0.1) is 0 Å². The summed E-state index contributed by atoms with van der Waals surface area (Å²) in [6.07, 6.45) is 10.6. The van der Waals surface area contributed by atoms with Crippen LogP contribution in [0, 0.1) is 19.3 Å². The highest BCUT2D eigenvalue weighted by Crippen LogP contribution is 2.39. The van der Waals surface area contributed by atoms with Crippen LogP contribution in [0.4, 0.5) is 0 Å². The van der Waals surface area contributed by atoms with Gasteiger partial charge in [-0.1, -0.05) is 25.5 Å². The van der Waals surface area contributed by atoms with Crippen LogP contribution in [-0.2, 0) is 0 Å². The molecule has 1 amide bonds.